The van der Waals surface area contributed by atoms with E-state index in [-0.39, 0.29) is 17.5 Å². The highest BCUT2D eigenvalue weighted by atomic mass is 32.2. The average molecular weight is 358 g/mol. The van der Waals surface area contributed by atoms with E-state index in [2.05, 4.69) is 4.90 Å². The summed E-state index contributed by atoms with van der Waals surface area (Å²) in [6.07, 6.45) is 1.82. The predicted molar refractivity (Wildman–Crippen MR) is 87.5 cm³/mol. The second-order valence-electron chi connectivity index (χ2n) is 5.21. The number of sulfone groups is 1. The maximum Gasteiger partial charge on any atom is 0.215 e. The van der Waals surface area contributed by atoms with Crippen molar-refractivity contribution >= 4 is 37.1 Å². The molecule has 7 nitrogen and oxygen atoms in total. The number of thiocarbonyl (C=S) groups is 1. The van der Waals surface area contributed by atoms with Crippen LogP contribution in [0, 0.1) is 0 Å². The maximum atomic E-state index is 12.1. The zero-order chi connectivity index (χ0) is 16.3. The van der Waals surface area contributed by atoms with Crippen molar-refractivity contribution in [2.45, 2.75) is 19.4 Å². The summed E-state index contributed by atoms with van der Waals surface area (Å²) in [5.41, 5.74) is 5.69. The first-order valence-electron chi connectivity index (χ1n) is 6.75. The monoisotopic (exact) mass is 357 g/mol. The fourth-order valence-corrected chi connectivity index (χ4v) is 5.67. The lowest BCUT2D eigenvalue weighted by Gasteiger charge is -2.38. The normalized spacial score (nSPS) is 20.3. The number of piperazine rings is 1. The molecule has 21 heavy (non-hydrogen) atoms. The lowest BCUT2D eigenvalue weighted by atomic mass is 10.1. The van der Waals surface area contributed by atoms with Gasteiger partial charge in [0.1, 0.15) is 9.84 Å². The highest BCUT2D eigenvalue weighted by molar-refractivity contribution is 7.93. The minimum atomic E-state index is -3.53. The van der Waals surface area contributed by atoms with E-state index < -0.39 is 19.9 Å². The molecule has 1 unspecified atom stereocenters. The van der Waals surface area contributed by atoms with E-state index in [0.717, 1.165) is 12.7 Å². The van der Waals surface area contributed by atoms with Crippen LogP contribution in [0.5, 0.6) is 0 Å². The van der Waals surface area contributed by atoms with Crippen LogP contribution in [0.3, 0.4) is 0 Å². The Morgan fingerprint density at radius 1 is 1.14 bits per heavy atom. The molecule has 1 saturated heterocycles. The van der Waals surface area contributed by atoms with Crippen molar-refractivity contribution in [3.63, 3.8) is 0 Å². The molecule has 1 aliphatic heterocycles. The van der Waals surface area contributed by atoms with Gasteiger partial charge in [0.15, 0.2) is 0 Å². The van der Waals surface area contributed by atoms with Crippen LogP contribution in [-0.4, -0.2) is 81.0 Å². The number of nitrogens with two attached hydrogens (primary N) is 1. The summed E-state index contributed by atoms with van der Waals surface area (Å²) in [5.74, 6) is -0.710. The molecular formula is C11H23N3O4S3. The number of nitrogens with zero attached hydrogens (tertiary/aromatic N) is 2. The zero-order valence-electron chi connectivity index (χ0n) is 12.4. The van der Waals surface area contributed by atoms with Crippen molar-refractivity contribution in [3.8, 4) is 0 Å². The summed E-state index contributed by atoms with van der Waals surface area (Å²) in [4.78, 5) is 2.50. The summed E-state index contributed by atoms with van der Waals surface area (Å²) < 4.78 is 47.8. The molecule has 2 N–H and O–H groups in total. The quantitative estimate of drug-likeness (QED) is 0.586. The first-order chi connectivity index (χ1) is 9.57. The molecule has 0 amide bonds. The van der Waals surface area contributed by atoms with Gasteiger partial charge in [-0.2, -0.15) is 4.31 Å². The summed E-state index contributed by atoms with van der Waals surface area (Å²) >= 11 is 5.02. The number of hydrogen-bond donors (Lipinski definition) is 1. The van der Waals surface area contributed by atoms with Crippen LogP contribution in [0.1, 0.15) is 13.3 Å². The molecule has 1 atom stereocenters. The lowest BCUT2D eigenvalue weighted by Crippen LogP contribution is -2.55. The molecule has 124 valence electrons. The van der Waals surface area contributed by atoms with Crippen LogP contribution in [0.25, 0.3) is 0 Å². The van der Waals surface area contributed by atoms with Gasteiger partial charge in [-0.25, -0.2) is 16.8 Å². The van der Waals surface area contributed by atoms with Gasteiger partial charge in [-0.05, 0) is 6.42 Å². The van der Waals surface area contributed by atoms with Gasteiger partial charge in [0.05, 0.1) is 22.5 Å². The van der Waals surface area contributed by atoms with Gasteiger partial charge < -0.3 is 5.73 Å². The standard InChI is InChI=1S/C11H23N3O4S3/c1-3-10(11(12)19)13-4-6-14(7-5-13)21(17,18)9-8-20(2,15)16/h10H,3-9H2,1-2H3,(H2,12,19). The molecule has 0 bridgehead atoms. The number of rotatable bonds is 7. The highest BCUT2D eigenvalue weighted by Crippen LogP contribution is 2.13. The van der Waals surface area contributed by atoms with Gasteiger partial charge in [-0.3, -0.25) is 4.90 Å². The van der Waals surface area contributed by atoms with Crippen LogP contribution in [-0.2, 0) is 19.9 Å². The number of hydrogen-bond acceptors (Lipinski definition) is 6. The van der Waals surface area contributed by atoms with Gasteiger partial charge in [0.25, 0.3) is 0 Å². The van der Waals surface area contributed by atoms with Crippen molar-refractivity contribution in [3.05, 3.63) is 0 Å². The van der Waals surface area contributed by atoms with E-state index in [1.807, 2.05) is 6.92 Å². The molecule has 1 fully saturated rings. The highest BCUT2D eigenvalue weighted by Gasteiger charge is 2.30. The molecule has 0 radical (unpaired) electrons. The van der Waals surface area contributed by atoms with Gasteiger partial charge in [0, 0.05) is 32.4 Å². The zero-order valence-corrected chi connectivity index (χ0v) is 14.8. The molecule has 1 aliphatic rings. The molecule has 1 rings (SSSR count). The Labute approximate surface area is 132 Å². The summed E-state index contributed by atoms with van der Waals surface area (Å²) in [6, 6.07) is -0.0131. The third-order valence-corrected chi connectivity index (χ3v) is 6.88. The average Bonchev–Trinajstić information content (AvgIpc) is 2.37. The summed E-state index contributed by atoms with van der Waals surface area (Å²) in [6.45, 7) is 3.76. The second-order valence-corrected chi connectivity index (χ2v) is 10.0. The Hall–Kier alpha value is -0.290. The maximum absolute atomic E-state index is 12.1. The van der Waals surface area contributed by atoms with Crippen LogP contribution in [0.4, 0.5) is 0 Å². The van der Waals surface area contributed by atoms with Gasteiger partial charge >= 0.3 is 0 Å². The SMILES string of the molecule is CCC(C(N)=S)N1CCN(S(=O)(=O)CCS(C)(=O)=O)CC1. The minimum absolute atomic E-state index is 0.0131. The fourth-order valence-electron chi connectivity index (χ4n) is 2.32. The van der Waals surface area contributed by atoms with Crippen LogP contribution in [0.2, 0.25) is 0 Å². The molecule has 0 spiro atoms. The van der Waals surface area contributed by atoms with E-state index in [9.17, 15) is 16.8 Å². The van der Waals surface area contributed by atoms with E-state index in [4.69, 9.17) is 18.0 Å². The van der Waals surface area contributed by atoms with E-state index in [1.165, 1.54) is 4.31 Å². The smallest absolute Gasteiger partial charge is 0.215 e. The Bertz CT molecular complexity index is 566. The molecule has 10 heteroatoms. The second kappa shape index (κ2) is 7.32. The lowest BCUT2D eigenvalue weighted by molar-refractivity contribution is 0.165. The van der Waals surface area contributed by atoms with Crippen molar-refractivity contribution < 1.29 is 16.8 Å². The summed E-state index contributed by atoms with van der Waals surface area (Å²) in [5, 5.41) is 0. The van der Waals surface area contributed by atoms with Crippen LogP contribution >= 0.6 is 12.2 Å². The molecule has 0 aromatic rings. The molecule has 0 aromatic carbocycles. The summed E-state index contributed by atoms with van der Waals surface area (Å²) in [7, 11) is -6.81. The molecular weight excluding hydrogens is 334 g/mol. The Balaban J connectivity index is 2.61. The topological polar surface area (TPSA) is 101 Å². The van der Waals surface area contributed by atoms with Crippen molar-refractivity contribution in [2.24, 2.45) is 5.73 Å². The fraction of sp³-hybridized carbons (Fsp3) is 0.909. The van der Waals surface area contributed by atoms with E-state index in [0.29, 0.717) is 31.2 Å². The van der Waals surface area contributed by atoms with Gasteiger partial charge in [-0.1, -0.05) is 19.1 Å². The molecule has 0 aliphatic carbocycles. The van der Waals surface area contributed by atoms with E-state index >= 15 is 0 Å². The number of sulfonamides is 1. The first-order valence-corrected chi connectivity index (χ1v) is 10.8. The Morgan fingerprint density at radius 3 is 2.05 bits per heavy atom. The van der Waals surface area contributed by atoms with Crippen molar-refractivity contribution in [1.82, 2.24) is 9.21 Å². The first kappa shape index (κ1) is 18.8. The van der Waals surface area contributed by atoms with Gasteiger partial charge in [0.2, 0.25) is 10.0 Å². The Morgan fingerprint density at radius 2 is 1.67 bits per heavy atom. The Kier molecular flexibility index (Phi) is 6.54. The van der Waals surface area contributed by atoms with Crippen LogP contribution in [0.15, 0.2) is 0 Å². The van der Waals surface area contributed by atoms with Crippen molar-refractivity contribution in [2.75, 3.05) is 43.9 Å². The minimum Gasteiger partial charge on any atom is -0.392 e. The molecule has 0 saturated carbocycles. The molecule has 1 heterocycles. The predicted octanol–water partition coefficient (Wildman–Crippen LogP) is -0.957. The van der Waals surface area contributed by atoms with Gasteiger partial charge in [-0.15, -0.1) is 0 Å². The van der Waals surface area contributed by atoms with Crippen molar-refractivity contribution in [1.29, 1.82) is 0 Å². The van der Waals surface area contributed by atoms with E-state index in [1.54, 1.807) is 0 Å². The third-order valence-electron chi connectivity index (χ3n) is 3.53. The molecule has 0 aromatic heterocycles. The third kappa shape index (κ3) is 5.78. The largest absolute Gasteiger partial charge is 0.392 e. The van der Waals surface area contributed by atoms with Crippen LogP contribution < -0.4 is 5.73 Å².